The number of amides is 2. The fourth-order valence-electron chi connectivity index (χ4n) is 2.48. The number of hydrogen-bond donors (Lipinski definition) is 3. The van der Waals surface area contributed by atoms with Crippen molar-refractivity contribution in [3.05, 3.63) is 58.6 Å². The first-order chi connectivity index (χ1) is 12.8. The van der Waals surface area contributed by atoms with Crippen LogP contribution in [0.3, 0.4) is 0 Å². The van der Waals surface area contributed by atoms with E-state index in [4.69, 9.17) is 11.6 Å². The van der Waals surface area contributed by atoms with Gasteiger partial charge < -0.3 is 15.5 Å². The van der Waals surface area contributed by atoms with Crippen molar-refractivity contribution in [3.8, 4) is 0 Å². The second kappa shape index (κ2) is 9.43. The molecule has 1 unspecified atom stereocenters. The van der Waals surface area contributed by atoms with Gasteiger partial charge in [0.1, 0.15) is 11.6 Å². The Morgan fingerprint density at radius 3 is 2.22 bits per heavy atom. The van der Waals surface area contributed by atoms with Crippen LogP contribution in [0, 0.1) is 18.6 Å². The van der Waals surface area contributed by atoms with Crippen LogP contribution >= 0.6 is 11.6 Å². The largest absolute Gasteiger partial charge is 0.321 e. The van der Waals surface area contributed by atoms with Crippen molar-refractivity contribution < 1.29 is 23.3 Å². The molecule has 0 bridgehead atoms. The lowest BCUT2D eigenvalue weighted by molar-refractivity contribution is -0.881. The van der Waals surface area contributed by atoms with E-state index in [1.165, 1.54) is 0 Å². The monoisotopic (exact) mass is 396 g/mol. The molecule has 8 heteroatoms. The van der Waals surface area contributed by atoms with Crippen molar-refractivity contribution in [1.29, 1.82) is 0 Å². The van der Waals surface area contributed by atoms with Crippen LogP contribution in [-0.2, 0) is 9.59 Å². The zero-order valence-corrected chi connectivity index (χ0v) is 15.8. The lowest BCUT2D eigenvalue weighted by Crippen LogP contribution is -3.13. The minimum atomic E-state index is -0.851. The summed E-state index contributed by atoms with van der Waals surface area (Å²) in [6, 6.07) is 8.10. The van der Waals surface area contributed by atoms with E-state index in [-0.39, 0.29) is 24.7 Å². The fraction of sp³-hybridized carbons (Fsp3) is 0.263. The fourth-order valence-corrected chi connectivity index (χ4v) is 2.65. The Hall–Kier alpha value is -2.51. The molecule has 0 saturated heterocycles. The Labute approximate surface area is 161 Å². The van der Waals surface area contributed by atoms with Crippen molar-refractivity contribution >= 4 is 34.8 Å². The van der Waals surface area contributed by atoms with Crippen LogP contribution < -0.4 is 15.5 Å². The quantitative estimate of drug-likeness (QED) is 0.673. The van der Waals surface area contributed by atoms with E-state index in [1.807, 2.05) is 13.8 Å². The van der Waals surface area contributed by atoms with Gasteiger partial charge in [-0.15, -0.1) is 0 Å². The molecule has 0 aliphatic rings. The Bertz CT molecular complexity index is 846. The Morgan fingerprint density at radius 2 is 1.63 bits per heavy atom. The number of halogens is 3. The lowest BCUT2D eigenvalue weighted by Gasteiger charge is -2.17. The van der Waals surface area contributed by atoms with E-state index in [2.05, 4.69) is 10.6 Å². The molecule has 0 spiro atoms. The number of hydrogen-bond acceptors (Lipinski definition) is 2. The molecular formula is C19H21ClF2N3O2+. The lowest BCUT2D eigenvalue weighted by atomic mass is 10.2. The third-order valence-electron chi connectivity index (χ3n) is 4.00. The summed E-state index contributed by atoms with van der Waals surface area (Å²) < 4.78 is 26.5. The van der Waals surface area contributed by atoms with Gasteiger partial charge in [-0.2, -0.15) is 0 Å². The summed E-state index contributed by atoms with van der Waals surface area (Å²) in [5.41, 5.74) is 1.38. The smallest absolute Gasteiger partial charge is 0.279 e. The normalized spacial score (nSPS) is 11.7. The van der Waals surface area contributed by atoms with E-state index in [1.54, 1.807) is 18.2 Å². The molecule has 0 aromatic heterocycles. The van der Waals surface area contributed by atoms with E-state index >= 15 is 0 Å². The average Bonchev–Trinajstić information content (AvgIpc) is 2.60. The maximum Gasteiger partial charge on any atom is 0.279 e. The number of rotatable bonds is 7. The summed E-state index contributed by atoms with van der Waals surface area (Å²) >= 11 is 5.94. The molecule has 0 radical (unpaired) electrons. The number of benzene rings is 2. The summed E-state index contributed by atoms with van der Waals surface area (Å²) in [6.45, 7) is 4.22. The number of quaternary nitrogens is 1. The molecule has 0 aliphatic heterocycles. The van der Waals surface area contributed by atoms with E-state index < -0.39 is 17.5 Å². The third kappa shape index (κ3) is 6.30. The maximum atomic E-state index is 13.6. The molecule has 0 aliphatic carbocycles. The second-order valence-corrected chi connectivity index (χ2v) is 6.57. The average molecular weight is 397 g/mol. The minimum absolute atomic E-state index is 0.0325. The summed E-state index contributed by atoms with van der Waals surface area (Å²) in [6.07, 6.45) is 0. The zero-order chi connectivity index (χ0) is 20.0. The predicted molar refractivity (Wildman–Crippen MR) is 101 cm³/mol. The number of likely N-dealkylation sites (N-methyl/N-ethyl adjacent to an activating group) is 1. The molecule has 2 amide bonds. The summed E-state index contributed by atoms with van der Waals surface area (Å²) in [5, 5.41) is 5.68. The molecular weight excluding hydrogens is 376 g/mol. The number of carbonyl (C=O) groups excluding carboxylic acids is 2. The molecule has 2 aromatic rings. The summed E-state index contributed by atoms with van der Waals surface area (Å²) in [5.74, 6) is -2.31. The van der Waals surface area contributed by atoms with Crippen LogP contribution in [0.5, 0.6) is 0 Å². The van der Waals surface area contributed by atoms with Crippen molar-refractivity contribution in [2.45, 2.75) is 13.8 Å². The second-order valence-electron chi connectivity index (χ2n) is 6.14. The Kier molecular flexibility index (Phi) is 7.27. The maximum absolute atomic E-state index is 13.6. The van der Waals surface area contributed by atoms with E-state index in [9.17, 15) is 18.4 Å². The van der Waals surface area contributed by atoms with Crippen molar-refractivity contribution in [2.75, 3.05) is 30.3 Å². The molecule has 0 heterocycles. The highest BCUT2D eigenvalue weighted by Gasteiger charge is 2.18. The standard InChI is InChI=1S/C19H20ClF2N3O2/c1-3-25(10-18(26)23-16-7-6-14(21)9-15(16)22)11-19(27)24-17-8-13(20)5-4-12(17)2/h4-9H,3,10-11H2,1-2H3,(H,23,26)(H,24,27)/p+1. The topological polar surface area (TPSA) is 62.6 Å². The SMILES string of the molecule is CC[NH+](CC(=O)Nc1cc(Cl)ccc1C)CC(=O)Nc1ccc(F)cc1F. The van der Waals surface area contributed by atoms with Gasteiger partial charge in [0.05, 0.1) is 12.2 Å². The van der Waals surface area contributed by atoms with Crippen molar-refractivity contribution in [1.82, 2.24) is 0 Å². The molecule has 3 N–H and O–H groups in total. The van der Waals surface area contributed by atoms with Gasteiger partial charge in [-0.05, 0) is 43.7 Å². The number of carbonyl (C=O) groups is 2. The number of anilines is 2. The van der Waals surface area contributed by atoms with Crippen molar-refractivity contribution in [2.24, 2.45) is 0 Å². The molecule has 144 valence electrons. The first-order valence-electron chi connectivity index (χ1n) is 8.43. The summed E-state index contributed by atoms with van der Waals surface area (Å²) in [4.78, 5) is 25.1. The van der Waals surface area contributed by atoms with E-state index in [0.29, 0.717) is 28.2 Å². The van der Waals surface area contributed by atoms with Crippen LogP contribution in [0.4, 0.5) is 20.2 Å². The van der Waals surface area contributed by atoms with Gasteiger partial charge in [0.25, 0.3) is 11.8 Å². The van der Waals surface area contributed by atoms with Gasteiger partial charge in [-0.25, -0.2) is 8.78 Å². The van der Waals surface area contributed by atoms with Gasteiger partial charge in [0.15, 0.2) is 13.1 Å². The van der Waals surface area contributed by atoms with Gasteiger partial charge in [-0.3, -0.25) is 9.59 Å². The van der Waals surface area contributed by atoms with Crippen LogP contribution in [0.1, 0.15) is 12.5 Å². The molecule has 0 fully saturated rings. The van der Waals surface area contributed by atoms with E-state index in [0.717, 1.165) is 17.7 Å². The highest BCUT2D eigenvalue weighted by molar-refractivity contribution is 6.31. The number of nitrogens with one attached hydrogen (secondary N) is 3. The van der Waals surface area contributed by atoms with Crippen LogP contribution in [0.2, 0.25) is 5.02 Å². The Balaban J connectivity index is 1.93. The molecule has 27 heavy (non-hydrogen) atoms. The van der Waals surface area contributed by atoms with Crippen LogP contribution in [0.25, 0.3) is 0 Å². The van der Waals surface area contributed by atoms with Gasteiger partial charge in [0.2, 0.25) is 0 Å². The van der Waals surface area contributed by atoms with Crippen LogP contribution in [0.15, 0.2) is 36.4 Å². The minimum Gasteiger partial charge on any atom is -0.321 e. The highest BCUT2D eigenvalue weighted by atomic mass is 35.5. The third-order valence-corrected chi connectivity index (χ3v) is 4.24. The predicted octanol–water partition coefficient (Wildman–Crippen LogP) is 2.41. The highest BCUT2D eigenvalue weighted by Crippen LogP contribution is 2.19. The Morgan fingerprint density at radius 1 is 1.00 bits per heavy atom. The molecule has 0 saturated carbocycles. The number of aryl methyl sites for hydroxylation is 1. The molecule has 2 aromatic carbocycles. The van der Waals surface area contributed by atoms with Gasteiger partial charge in [-0.1, -0.05) is 17.7 Å². The molecule has 5 nitrogen and oxygen atoms in total. The first-order valence-corrected chi connectivity index (χ1v) is 8.80. The van der Waals surface area contributed by atoms with Crippen LogP contribution in [-0.4, -0.2) is 31.4 Å². The molecule has 1 atom stereocenters. The van der Waals surface area contributed by atoms with Gasteiger partial charge in [0, 0.05) is 16.8 Å². The molecule has 2 rings (SSSR count). The summed E-state index contributed by atoms with van der Waals surface area (Å²) in [7, 11) is 0. The van der Waals surface area contributed by atoms with Gasteiger partial charge >= 0.3 is 0 Å². The zero-order valence-electron chi connectivity index (χ0n) is 15.0. The first kappa shape index (κ1) is 20.8. The van der Waals surface area contributed by atoms with Crippen molar-refractivity contribution in [3.63, 3.8) is 0 Å².